The number of aromatic nitrogens is 2. The van der Waals surface area contributed by atoms with Crippen LogP contribution in [0.5, 0.6) is 0 Å². The molecule has 0 bridgehead atoms. The molecule has 2 rings (SSSR count). The Kier molecular flexibility index (Phi) is 2.21. The van der Waals surface area contributed by atoms with Crippen molar-refractivity contribution >= 4 is 17.0 Å². The van der Waals surface area contributed by atoms with Gasteiger partial charge in [0.25, 0.3) is 0 Å². The molecule has 0 amide bonds. The Morgan fingerprint density at radius 1 is 1.47 bits per heavy atom. The van der Waals surface area contributed by atoms with Crippen molar-refractivity contribution in [1.82, 2.24) is 9.78 Å². The van der Waals surface area contributed by atoms with Crippen LogP contribution >= 0.6 is 0 Å². The molecule has 0 aliphatic rings. The molecule has 0 atom stereocenters. The number of nitrogens with zero attached hydrogens (tertiary/aromatic N) is 3. The van der Waals surface area contributed by atoms with Crippen LogP contribution in [0.3, 0.4) is 0 Å². The van der Waals surface area contributed by atoms with Crippen LogP contribution < -0.4 is 0 Å². The lowest BCUT2D eigenvalue weighted by Gasteiger charge is -1.90. The predicted molar refractivity (Wildman–Crippen MR) is 56.7 cm³/mol. The van der Waals surface area contributed by atoms with Crippen LogP contribution in [0.4, 0.5) is 0 Å². The SMILES string of the molecule is Cn1nc(C=C[N+](=O)[O-])c2ccccc21. The largest absolute Gasteiger partial charge is 0.267 e. The molecule has 0 saturated carbocycles. The third-order valence-electron chi connectivity index (χ3n) is 2.14. The van der Waals surface area contributed by atoms with Gasteiger partial charge in [-0.15, -0.1) is 0 Å². The fourth-order valence-corrected chi connectivity index (χ4v) is 1.50. The second-order valence-corrected chi connectivity index (χ2v) is 3.13. The maximum atomic E-state index is 10.2. The molecule has 76 valence electrons. The number of aryl methyl sites for hydroxylation is 1. The highest BCUT2D eigenvalue weighted by molar-refractivity contribution is 5.86. The summed E-state index contributed by atoms with van der Waals surface area (Å²) in [5.74, 6) is 0. The van der Waals surface area contributed by atoms with Crippen LogP contribution in [-0.2, 0) is 7.05 Å². The Bertz CT molecular complexity index is 543. The Hall–Kier alpha value is -2.17. The smallest absolute Gasteiger partial charge is 0.236 e. The molecule has 1 aromatic carbocycles. The molecular weight excluding hydrogens is 194 g/mol. The Balaban J connectivity index is 2.57. The zero-order chi connectivity index (χ0) is 10.8. The summed E-state index contributed by atoms with van der Waals surface area (Å²) in [7, 11) is 1.81. The normalized spacial score (nSPS) is 11.3. The number of fused-ring (bicyclic) bond motifs is 1. The molecule has 5 nitrogen and oxygen atoms in total. The van der Waals surface area contributed by atoms with Gasteiger partial charge in [0.05, 0.1) is 16.1 Å². The maximum absolute atomic E-state index is 10.2. The van der Waals surface area contributed by atoms with Gasteiger partial charge in [0.1, 0.15) is 0 Å². The van der Waals surface area contributed by atoms with Crippen molar-refractivity contribution in [3.05, 3.63) is 46.3 Å². The van der Waals surface area contributed by atoms with Crippen LogP contribution in [0.15, 0.2) is 30.5 Å². The summed E-state index contributed by atoms with van der Waals surface area (Å²) in [6.07, 6.45) is 2.30. The number of benzene rings is 1. The van der Waals surface area contributed by atoms with E-state index in [2.05, 4.69) is 5.10 Å². The number of rotatable bonds is 2. The number of nitro groups is 1. The summed E-state index contributed by atoms with van der Waals surface area (Å²) >= 11 is 0. The molecule has 0 saturated heterocycles. The van der Waals surface area contributed by atoms with Crippen LogP contribution in [0.25, 0.3) is 17.0 Å². The van der Waals surface area contributed by atoms with Crippen LogP contribution in [0.2, 0.25) is 0 Å². The van der Waals surface area contributed by atoms with Crippen LogP contribution in [0.1, 0.15) is 5.69 Å². The lowest BCUT2D eigenvalue weighted by Crippen LogP contribution is -1.89. The molecule has 15 heavy (non-hydrogen) atoms. The molecule has 0 spiro atoms. The highest BCUT2D eigenvalue weighted by atomic mass is 16.6. The summed E-state index contributed by atoms with van der Waals surface area (Å²) < 4.78 is 1.70. The minimum Gasteiger partial charge on any atom is -0.267 e. The van der Waals surface area contributed by atoms with E-state index in [-0.39, 0.29) is 0 Å². The molecule has 1 aromatic heterocycles. The third kappa shape index (κ3) is 1.71. The van der Waals surface area contributed by atoms with E-state index in [1.807, 2.05) is 31.3 Å². The van der Waals surface area contributed by atoms with Crippen molar-refractivity contribution in [3.63, 3.8) is 0 Å². The summed E-state index contributed by atoms with van der Waals surface area (Å²) in [5.41, 5.74) is 1.57. The minimum atomic E-state index is -0.497. The van der Waals surface area contributed by atoms with E-state index >= 15 is 0 Å². The first-order chi connectivity index (χ1) is 7.18. The standard InChI is InChI=1S/C10H9N3O2/c1-12-10-5-3-2-4-8(10)9(11-12)6-7-13(14)15/h2-7H,1H3. The predicted octanol–water partition coefficient (Wildman–Crippen LogP) is 1.82. The Morgan fingerprint density at radius 2 is 2.20 bits per heavy atom. The first-order valence-electron chi connectivity index (χ1n) is 4.42. The molecule has 5 heteroatoms. The molecule has 2 aromatic rings. The topological polar surface area (TPSA) is 61.0 Å². The van der Waals surface area contributed by atoms with Gasteiger partial charge in [-0.3, -0.25) is 14.8 Å². The van der Waals surface area contributed by atoms with Crippen molar-refractivity contribution < 1.29 is 4.92 Å². The minimum absolute atomic E-state index is 0.497. The highest BCUT2D eigenvalue weighted by Gasteiger charge is 2.05. The van der Waals surface area contributed by atoms with Crippen LogP contribution in [0, 0.1) is 10.1 Å². The molecule has 0 radical (unpaired) electrons. The van der Waals surface area contributed by atoms with E-state index in [1.54, 1.807) is 4.68 Å². The third-order valence-corrected chi connectivity index (χ3v) is 2.14. The molecule has 0 aliphatic carbocycles. The lowest BCUT2D eigenvalue weighted by molar-refractivity contribution is -0.400. The van der Waals surface area contributed by atoms with Gasteiger partial charge in [-0.25, -0.2) is 0 Å². The number of hydrogen-bond acceptors (Lipinski definition) is 3. The van der Waals surface area contributed by atoms with E-state index in [4.69, 9.17) is 0 Å². The molecule has 1 heterocycles. The van der Waals surface area contributed by atoms with Crippen molar-refractivity contribution in [2.45, 2.75) is 0 Å². The monoisotopic (exact) mass is 203 g/mol. The van der Waals surface area contributed by atoms with E-state index in [0.717, 1.165) is 17.1 Å². The van der Waals surface area contributed by atoms with Crippen molar-refractivity contribution in [3.8, 4) is 0 Å². The Labute approximate surface area is 85.8 Å². The summed E-state index contributed by atoms with van der Waals surface area (Å²) in [5, 5.41) is 15.3. The first kappa shape index (κ1) is 9.39. The van der Waals surface area contributed by atoms with Gasteiger partial charge in [-0.1, -0.05) is 18.2 Å². The van der Waals surface area contributed by atoms with Crippen molar-refractivity contribution in [2.24, 2.45) is 7.05 Å². The molecule has 0 fully saturated rings. The Morgan fingerprint density at radius 3 is 2.93 bits per heavy atom. The number of para-hydroxylation sites is 1. The first-order valence-corrected chi connectivity index (χ1v) is 4.42. The average molecular weight is 203 g/mol. The van der Waals surface area contributed by atoms with Crippen LogP contribution in [-0.4, -0.2) is 14.7 Å². The van der Waals surface area contributed by atoms with Crippen molar-refractivity contribution in [1.29, 1.82) is 0 Å². The van der Waals surface area contributed by atoms with E-state index < -0.39 is 4.92 Å². The number of hydrogen-bond donors (Lipinski definition) is 0. The average Bonchev–Trinajstić information content (AvgIpc) is 2.54. The summed E-state index contributed by atoms with van der Waals surface area (Å²) in [6.45, 7) is 0. The second kappa shape index (κ2) is 3.53. The zero-order valence-corrected chi connectivity index (χ0v) is 8.12. The van der Waals surface area contributed by atoms with Gasteiger partial charge in [-0.05, 0) is 6.07 Å². The van der Waals surface area contributed by atoms with Gasteiger partial charge in [-0.2, -0.15) is 5.10 Å². The van der Waals surface area contributed by atoms with Gasteiger partial charge < -0.3 is 0 Å². The fraction of sp³-hybridized carbons (Fsp3) is 0.100. The summed E-state index contributed by atoms with van der Waals surface area (Å²) in [6, 6.07) is 7.60. The molecule has 0 aliphatic heterocycles. The highest BCUT2D eigenvalue weighted by Crippen LogP contribution is 2.18. The molecule has 0 unspecified atom stereocenters. The summed E-state index contributed by atoms with van der Waals surface area (Å²) in [4.78, 5) is 9.70. The van der Waals surface area contributed by atoms with Gasteiger partial charge in [0.2, 0.25) is 6.20 Å². The quantitative estimate of drug-likeness (QED) is 0.552. The zero-order valence-electron chi connectivity index (χ0n) is 8.12. The van der Waals surface area contributed by atoms with Gasteiger partial charge in [0.15, 0.2) is 0 Å². The van der Waals surface area contributed by atoms with E-state index in [0.29, 0.717) is 5.69 Å². The van der Waals surface area contributed by atoms with Gasteiger partial charge in [0, 0.05) is 18.5 Å². The fourth-order valence-electron chi connectivity index (χ4n) is 1.50. The molecule has 0 N–H and O–H groups in total. The van der Waals surface area contributed by atoms with Gasteiger partial charge >= 0.3 is 0 Å². The molecular formula is C10H9N3O2. The maximum Gasteiger partial charge on any atom is 0.236 e. The second-order valence-electron chi connectivity index (χ2n) is 3.13. The lowest BCUT2D eigenvalue weighted by atomic mass is 10.2. The van der Waals surface area contributed by atoms with E-state index in [1.165, 1.54) is 6.08 Å². The van der Waals surface area contributed by atoms with E-state index in [9.17, 15) is 10.1 Å². The van der Waals surface area contributed by atoms with Crippen molar-refractivity contribution in [2.75, 3.05) is 0 Å².